The largest absolute Gasteiger partial charge is 0.762 e. The summed E-state index contributed by atoms with van der Waals surface area (Å²) in [4.78, 5) is 9.85. The number of carbonyl (C=O) groups excluding carboxylic acids is 1. The second kappa shape index (κ2) is 9.96. The molecule has 0 unspecified atom stereocenters. The average Bonchev–Trinajstić information content (AvgIpc) is 1.62. The van der Waals surface area contributed by atoms with Crippen LogP contribution in [0.4, 0.5) is 12.9 Å². The van der Waals surface area contributed by atoms with Gasteiger partial charge in [0.1, 0.15) is 0 Å². The Hall–Kier alpha value is 0.961. The van der Waals surface area contributed by atoms with Gasteiger partial charge in [0.05, 0.1) is 0 Å². The predicted molar refractivity (Wildman–Crippen MR) is 31.5 cm³/mol. The monoisotopic (exact) mass is 180 g/mol. The van der Waals surface area contributed by atoms with Crippen LogP contribution < -0.4 is 0 Å². The second-order valence-electron chi connectivity index (χ2n) is 1.17. The Morgan fingerprint density at radius 1 is 1.60 bits per heavy atom. The van der Waals surface area contributed by atoms with Gasteiger partial charge < -0.3 is 0 Å². The van der Waals surface area contributed by atoms with Gasteiger partial charge in [0.25, 0.3) is 0 Å². The molecule has 0 aromatic rings. The summed E-state index contributed by atoms with van der Waals surface area (Å²) < 4.78 is 34.2. The third-order valence-corrected chi connectivity index (χ3v) is 0.798. The van der Waals surface area contributed by atoms with E-state index in [1.807, 2.05) is 0 Å². The van der Waals surface area contributed by atoms with Crippen LogP contribution in [-0.2, 0) is 9.53 Å². The molecule has 0 radical (unpaired) electrons. The fourth-order valence-electron chi connectivity index (χ4n) is 0.203. The van der Waals surface area contributed by atoms with E-state index >= 15 is 0 Å². The Morgan fingerprint density at radius 3 is 1.90 bits per heavy atom. The summed E-state index contributed by atoms with van der Waals surface area (Å²) in [6.07, 6.45) is 0. The van der Waals surface area contributed by atoms with Crippen LogP contribution in [-0.4, -0.2) is 63.2 Å². The number of esters is 1. The molecule has 0 amide bonds. The Bertz CT molecular complexity index is 89.1. The number of carbonyl (C=O) groups is 1. The van der Waals surface area contributed by atoms with E-state index < -0.39 is 7.54 Å². The van der Waals surface area contributed by atoms with Crippen molar-refractivity contribution in [3.05, 3.63) is 0 Å². The molecule has 0 spiro atoms. The fourth-order valence-corrected chi connectivity index (χ4v) is 0.838. The van der Waals surface area contributed by atoms with Crippen LogP contribution in [0.25, 0.3) is 0 Å². The van der Waals surface area contributed by atoms with Crippen molar-refractivity contribution in [3.63, 3.8) is 0 Å². The normalized spacial score (nSPS) is 7.40. The summed E-state index contributed by atoms with van der Waals surface area (Å²) in [5, 5.41) is 0. The van der Waals surface area contributed by atoms with E-state index in [0.29, 0.717) is 49.7 Å². The molecule has 2 nitrogen and oxygen atoms in total. The van der Waals surface area contributed by atoms with Crippen molar-refractivity contribution in [3.8, 4) is 0 Å². The summed E-state index contributed by atoms with van der Waals surface area (Å²) in [5.74, 6) is -0.164. The van der Waals surface area contributed by atoms with E-state index in [2.05, 4.69) is 4.74 Å². The zero-order valence-electron chi connectivity index (χ0n) is 5.73. The van der Waals surface area contributed by atoms with Crippen molar-refractivity contribution in [2.24, 2.45) is 0 Å². The van der Waals surface area contributed by atoms with E-state index in [1.165, 1.54) is 6.92 Å². The maximum Gasteiger partial charge on any atom is 0.762 e. The molecule has 0 aliphatic heterocycles. The third-order valence-electron chi connectivity index (χ3n) is 0.348. The van der Waals surface area contributed by atoms with Gasteiger partial charge in [-0.2, -0.15) is 0 Å². The second-order valence-corrected chi connectivity index (χ2v) is 2.07. The van der Waals surface area contributed by atoms with Crippen LogP contribution in [0.15, 0.2) is 0 Å². The molecule has 10 heavy (non-hydrogen) atoms. The van der Waals surface area contributed by atoms with Gasteiger partial charge in [-0.15, -0.1) is 0 Å². The van der Waals surface area contributed by atoms with Crippen LogP contribution in [0, 0.1) is 0 Å². The van der Waals surface area contributed by atoms with Crippen molar-refractivity contribution in [2.75, 3.05) is 0.701 Å². The minimum Gasteiger partial charge on any atom is -0.254 e. The maximum atomic E-state index is 9.85. The quantitative estimate of drug-likeness (QED) is 0.435. The first kappa shape index (κ1) is 13.5. The number of halogens is 3. The molecule has 0 heterocycles. The van der Waals surface area contributed by atoms with Gasteiger partial charge >= 0.3 is 79.6 Å². The summed E-state index contributed by atoms with van der Waals surface area (Å²) in [6.45, 7) is 1.42. The van der Waals surface area contributed by atoms with Crippen LogP contribution in [0.3, 0.4) is 0 Å². The van der Waals surface area contributed by atoms with Crippen LogP contribution in [0.2, 0.25) is 0 Å². The van der Waals surface area contributed by atoms with E-state index in [-0.39, 0.29) is 5.97 Å². The molecule has 0 rings (SSSR count). The molecule has 0 fully saturated rings. The molecule has 0 aliphatic rings. The van der Waals surface area contributed by atoms with Crippen LogP contribution in [0.1, 0.15) is 6.92 Å². The molecule has 0 bridgehead atoms. The zero-order chi connectivity index (χ0) is 8.57. The molecule has 0 aromatic carbocycles. The molecule has 0 saturated carbocycles. The molecule has 0 N–H and O–H groups in total. The molecule has 0 aromatic heterocycles. The Balaban J connectivity index is 0. The summed E-state index contributed by atoms with van der Waals surface area (Å²) in [6, 6.07) is 0. The third kappa shape index (κ3) is 36.2. The standard InChI is InChI=1S/C3H5O2.BF3.K/c1-3(4)5-2;2-1(3)4;/h2H2,1H3;;. The van der Waals surface area contributed by atoms with Crippen molar-refractivity contribution in [2.45, 2.75) is 6.92 Å². The minimum atomic E-state index is -3.67. The van der Waals surface area contributed by atoms with E-state index in [9.17, 15) is 17.7 Å². The number of hydrogen-bond donors (Lipinski definition) is 0. The molecule has 0 saturated heterocycles. The molecule has 0 atom stereocenters. The van der Waals surface area contributed by atoms with Gasteiger partial charge in [-0.05, 0) is 0 Å². The van der Waals surface area contributed by atoms with Gasteiger partial charge in [-0.3, -0.25) is 12.9 Å². The Morgan fingerprint density at radius 2 is 1.90 bits per heavy atom. The SMILES string of the molecule is CC(=O)O[CH2][K].FB(F)F. The molecule has 0 aliphatic carbocycles. The van der Waals surface area contributed by atoms with Crippen molar-refractivity contribution < 1.29 is 22.5 Å². The molecular formula is C3H5BF3KO2. The van der Waals surface area contributed by atoms with Crippen molar-refractivity contribution >= 4 is 62.5 Å². The van der Waals surface area contributed by atoms with Gasteiger partial charge in [0.15, 0.2) is 0 Å². The minimum absolute atomic E-state index is 0.164. The summed E-state index contributed by atoms with van der Waals surface area (Å²) in [5.41, 5.74) is 0. The average molecular weight is 180 g/mol. The van der Waals surface area contributed by atoms with Gasteiger partial charge in [0.2, 0.25) is 0 Å². The van der Waals surface area contributed by atoms with E-state index in [1.54, 1.807) is 0 Å². The predicted octanol–water partition coefficient (Wildman–Crippen LogP) is 0.555. The van der Waals surface area contributed by atoms with E-state index in [4.69, 9.17) is 0 Å². The molecule has 54 valence electrons. The van der Waals surface area contributed by atoms with Crippen molar-refractivity contribution in [1.82, 2.24) is 0 Å². The Labute approximate surface area is 91.3 Å². The summed E-state index contributed by atoms with van der Waals surface area (Å²) in [7, 11) is -3.67. The number of rotatable bonds is 1. The van der Waals surface area contributed by atoms with Crippen molar-refractivity contribution in [1.29, 1.82) is 0 Å². The van der Waals surface area contributed by atoms with Gasteiger partial charge in [-0.1, -0.05) is 0 Å². The van der Waals surface area contributed by atoms with Gasteiger partial charge in [-0.25, -0.2) is 0 Å². The maximum absolute atomic E-state index is 9.85. The fraction of sp³-hybridized carbons (Fsp3) is 0.667. The first-order valence-electron chi connectivity index (χ1n) is 2.56. The topological polar surface area (TPSA) is 26.3 Å². The van der Waals surface area contributed by atoms with Crippen LogP contribution in [0.5, 0.6) is 0 Å². The molecule has 7 heteroatoms. The first-order valence-corrected chi connectivity index (χ1v) is 4.77. The zero-order valence-corrected chi connectivity index (χ0v) is 8.86. The molecular weight excluding hydrogens is 175 g/mol. The van der Waals surface area contributed by atoms with Crippen LogP contribution >= 0.6 is 0 Å². The smallest absolute Gasteiger partial charge is 0.254 e. The van der Waals surface area contributed by atoms with Gasteiger partial charge in [0, 0.05) is 0 Å². The number of ether oxygens (including phenoxy) is 1. The Kier molecular flexibility index (Phi) is 13.5. The first-order chi connectivity index (χ1) is 4.50. The van der Waals surface area contributed by atoms with E-state index in [0.717, 1.165) is 0 Å². The number of hydrogen-bond acceptors (Lipinski definition) is 2. The summed E-state index contributed by atoms with van der Waals surface area (Å²) >= 11 is 0.651.